The molecule has 43 heavy (non-hydrogen) atoms. The summed E-state index contributed by atoms with van der Waals surface area (Å²) in [6, 6.07) is 30.7. The number of nitrogens with zero attached hydrogens (tertiary/aromatic N) is 1. The zero-order valence-electron chi connectivity index (χ0n) is 23.7. The molecule has 0 aromatic heterocycles. The fraction of sp³-hybridized carbons (Fsp3) is 0.206. The van der Waals surface area contributed by atoms with Crippen molar-refractivity contribution in [2.24, 2.45) is 0 Å². The van der Waals surface area contributed by atoms with Crippen molar-refractivity contribution in [2.75, 3.05) is 17.6 Å². The first-order valence-electron chi connectivity index (χ1n) is 14.2. The van der Waals surface area contributed by atoms with Gasteiger partial charge in [0.2, 0.25) is 5.91 Å². The maximum atomic E-state index is 12.9. The lowest BCUT2D eigenvalue weighted by Crippen LogP contribution is -2.45. The molecule has 5 rings (SSSR count). The maximum Gasteiger partial charge on any atom is 0.410 e. The van der Waals surface area contributed by atoms with Gasteiger partial charge in [0, 0.05) is 18.7 Å². The van der Waals surface area contributed by atoms with Crippen LogP contribution in [0.5, 0.6) is 5.75 Å². The van der Waals surface area contributed by atoms with E-state index >= 15 is 0 Å². The molecule has 1 aliphatic rings. The van der Waals surface area contributed by atoms with Gasteiger partial charge in [0.1, 0.15) is 25.0 Å². The van der Waals surface area contributed by atoms with Crippen LogP contribution in [-0.4, -0.2) is 35.4 Å². The molecule has 1 atom stereocenters. The highest BCUT2D eigenvalue weighted by Gasteiger charge is 2.35. The van der Waals surface area contributed by atoms with Crippen LogP contribution >= 0.6 is 0 Å². The van der Waals surface area contributed by atoms with Gasteiger partial charge in [0.15, 0.2) is 0 Å². The Labute approximate surface area is 250 Å². The molecule has 1 heterocycles. The SMILES string of the molecule is Nc1ccccc1NC(=O)c1ccc(COc2ccc(CNC(=O)[C@@H]3CCCN3C(=O)OCc3ccccc3)cc2)cc1. The van der Waals surface area contributed by atoms with Crippen molar-refractivity contribution in [2.45, 2.75) is 38.6 Å². The predicted octanol–water partition coefficient (Wildman–Crippen LogP) is 5.52. The third-order valence-corrected chi connectivity index (χ3v) is 7.22. The quantitative estimate of drug-likeness (QED) is 0.213. The maximum absolute atomic E-state index is 12.9. The van der Waals surface area contributed by atoms with E-state index in [-0.39, 0.29) is 18.4 Å². The molecule has 4 N–H and O–H groups in total. The number of nitrogen functional groups attached to an aromatic ring is 1. The number of carbonyl (C=O) groups excluding carboxylic acids is 3. The molecule has 9 nitrogen and oxygen atoms in total. The Bertz CT molecular complexity index is 1540. The van der Waals surface area contributed by atoms with Crippen molar-refractivity contribution in [3.05, 3.63) is 125 Å². The van der Waals surface area contributed by atoms with Gasteiger partial charge in [-0.25, -0.2) is 4.79 Å². The van der Waals surface area contributed by atoms with E-state index in [1.807, 2.05) is 78.9 Å². The van der Waals surface area contributed by atoms with E-state index in [4.69, 9.17) is 15.2 Å². The van der Waals surface area contributed by atoms with E-state index < -0.39 is 12.1 Å². The number of benzene rings is 4. The van der Waals surface area contributed by atoms with E-state index in [0.29, 0.717) is 48.8 Å². The molecule has 0 unspecified atom stereocenters. The van der Waals surface area contributed by atoms with Crippen molar-refractivity contribution < 1.29 is 23.9 Å². The van der Waals surface area contributed by atoms with Crippen molar-refractivity contribution in [3.8, 4) is 5.75 Å². The molecule has 220 valence electrons. The van der Waals surface area contributed by atoms with E-state index in [1.54, 1.807) is 24.3 Å². The van der Waals surface area contributed by atoms with Crippen molar-refractivity contribution in [1.82, 2.24) is 10.2 Å². The zero-order valence-corrected chi connectivity index (χ0v) is 23.7. The predicted molar refractivity (Wildman–Crippen MR) is 164 cm³/mol. The summed E-state index contributed by atoms with van der Waals surface area (Å²) in [6.07, 6.45) is 0.883. The van der Waals surface area contributed by atoms with Gasteiger partial charge in [-0.1, -0.05) is 66.7 Å². The Kier molecular flexibility index (Phi) is 9.53. The van der Waals surface area contributed by atoms with Crippen LogP contribution in [0, 0.1) is 0 Å². The lowest BCUT2D eigenvalue weighted by molar-refractivity contribution is -0.125. The first-order chi connectivity index (χ1) is 21.0. The molecule has 0 bridgehead atoms. The summed E-state index contributed by atoms with van der Waals surface area (Å²) >= 11 is 0. The summed E-state index contributed by atoms with van der Waals surface area (Å²) in [4.78, 5) is 39.6. The number of para-hydroxylation sites is 2. The summed E-state index contributed by atoms with van der Waals surface area (Å²) in [5.41, 5.74) is 10.2. The van der Waals surface area contributed by atoms with Crippen LogP contribution in [0.25, 0.3) is 0 Å². The second-order valence-corrected chi connectivity index (χ2v) is 10.3. The highest BCUT2D eigenvalue weighted by atomic mass is 16.6. The summed E-state index contributed by atoms with van der Waals surface area (Å²) < 4.78 is 11.3. The molecule has 9 heteroatoms. The van der Waals surface area contributed by atoms with Gasteiger partial charge in [0.25, 0.3) is 5.91 Å². The number of nitrogens with two attached hydrogens (primary N) is 1. The molecule has 0 saturated carbocycles. The third-order valence-electron chi connectivity index (χ3n) is 7.22. The molecule has 0 radical (unpaired) electrons. The van der Waals surface area contributed by atoms with Crippen molar-refractivity contribution in [1.29, 1.82) is 0 Å². The van der Waals surface area contributed by atoms with Crippen molar-refractivity contribution >= 4 is 29.3 Å². The average Bonchev–Trinajstić information content (AvgIpc) is 3.54. The lowest BCUT2D eigenvalue weighted by Gasteiger charge is -2.23. The average molecular weight is 579 g/mol. The van der Waals surface area contributed by atoms with Crippen LogP contribution in [-0.2, 0) is 29.3 Å². The Morgan fingerprint density at radius 3 is 2.21 bits per heavy atom. The third kappa shape index (κ3) is 7.91. The van der Waals surface area contributed by atoms with Gasteiger partial charge >= 0.3 is 6.09 Å². The summed E-state index contributed by atoms with van der Waals surface area (Å²) in [6.45, 7) is 1.34. The monoisotopic (exact) mass is 578 g/mol. The fourth-order valence-electron chi connectivity index (χ4n) is 4.79. The lowest BCUT2D eigenvalue weighted by atomic mass is 10.1. The van der Waals surface area contributed by atoms with Gasteiger partial charge in [-0.3, -0.25) is 14.5 Å². The van der Waals surface area contributed by atoms with E-state index in [1.165, 1.54) is 4.90 Å². The highest BCUT2D eigenvalue weighted by molar-refractivity contribution is 6.05. The minimum absolute atomic E-state index is 0.173. The van der Waals surface area contributed by atoms with E-state index in [2.05, 4.69) is 10.6 Å². The number of carbonyl (C=O) groups is 3. The summed E-state index contributed by atoms with van der Waals surface area (Å²) in [5, 5.41) is 5.76. The van der Waals surface area contributed by atoms with Gasteiger partial charge in [-0.15, -0.1) is 0 Å². The van der Waals surface area contributed by atoms with Crippen molar-refractivity contribution in [3.63, 3.8) is 0 Å². The first kappa shape index (κ1) is 29.2. The number of amides is 3. The van der Waals surface area contributed by atoms with Gasteiger partial charge in [0.05, 0.1) is 11.4 Å². The zero-order chi connectivity index (χ0) is 30.0. The van der Waals surface area contributed by atoms with E-state index in [0.717, 1.165) is 23.1 Å². The molecule has 4 aromatic carbocycles. The van der Waals surface area contributed by atoms with Gasteiger partial charge in [-0.05, 0) is 65.9 Å². The normalized spacial score (nSPS) is 14.1. The topological polar surface area (TPSA) is 123 Å². The Balaban J connectivity index is 1.06. The molecule has 0 aliphatic carbocycles. The highest BCUT2D eigenvalue weighted by Crippen LogP contribution is 2.21. The largest absolute Gasteiger partial charge is 0.489 e. The van der Waals surface area contributed by atoms with Crippen LogP contribution in [0.2, 0.25) is 0 Å². The summed E-state index contributed by atoms with van der Waals surface area (Å²) in [7, 11) is 0. The molecular formula is C34H34N4O5. The minimum atomic E-state index is -0.542. The van der Waals surface area contributed by atoms with Crippen LogP contribution in [0.1, 0.15) is 39.9 Å². The van der Waals surface area contributed by atoms with Crippen LogP contribution in [0.3, 0.4) is 0 Å². The molecular weight excluding hydrogens is 544 g/mol. The summed E-state index contributed by atoms with van der Waals surface area (Å²) in [5.74, 6) is 0.245. The molecule has 0 spiro atoms. The van der Waals surface area contributed by atoms with Crippen LogP contribution in [0.4, 0.5) is 16.2 Å². The molecule has 1 fully saturated rings. The Morgan fingerprint density at radius 1 is 0.791 bits per heavy atom. The standard InChI is InChI=1S/C34H34N4O5/c35-29-9-4-5-10-30(29)37-32(39)27-16-12-26(13-17-27)22-42-28-18-14-24(15-19-28)21-36-33(40)31-11-6-20-38(31)34(41)43-23-25-7-2-1-3-8-25/h1-5,7-10,12-19,31H,6,11,20-23,35H2,(H,36,40)(H,37,39)/t31-/m0/s1. The number of rotatable bonds is 10. The molecule has 1 aliphatic heterocycles. The molecule has 1 saturated heterocycles. The molecule has 3 amide bonds. The second-order valence-electron chi connectivity index (χ2n) is 10.3. The minimum Gasteiger partial charge on any atom is -0.489 e. The van der Waals surface area contributed by atoms with Crippen LogP contribution < -0.4 is 21.1 Å². The number of hydrogen-bond donors (Lipinski definition) is 3. The Hall–Kier alpha value is -5.31. The first-order valence-corrected chi connectivity index (χ1v) is 14.2. The molecule has 4 aromatic rings. The number of anilines is 2. The van der Waals surface area contributed by atoms with Gasteiger partial charge in [-0.2, -0.15) is 0 Å². The van der Waals surface area contributed by atoms with Gasteiger partial charge < -0.3 is 25.8 Å². The smallest absolute Gasteiger partial charge is 0.410 e. The van der Waals surface area contributed by atoms with E-state index in [9.17, 15) is 14.4 Å². The number of hydrogen-bond acceptors (Lipinski definition) is 6. The fourth-order valence-corrected chi connectivity index (χ4v) is 4.79. The second kappa shape index (κ2) is 14.0. The number of nitrogens with one attached hydrogen (secondary N) is 2. The number of likely N-dealkylation sites (tertiary alicyclic amines) is 1. The number of ether oxygens (including phenoxy) is 2. The van der Waals surface area contributed by atoms with Crippen LogP contribution in [0.15, 0.2) is 103 Å². The Morgan fingerprint density at radius 2 is 1.47 bits per heavy atom.